The number of rotatable bonds is 3. The average molecular weight is 593 g/mol. The lowest BCUT2D eigenvalue weighted by molar-refractivity contribution is 0.318. The molecule has 6 aromatic carbocycles. The van der Waals surface area contributed by atoms with Crippen LogP contribution >= 0.6 is 0 Å². The van der Waals surface area contributed by atoms with Crippen LogP contribution in [-0.4, -0.2) is 10.6 Å². The van der Waals surface area contributed by atoms with E-state index in [9.17, 15) is 0 Å². The first-order chi connectivity index (χ1) is 22.7. The maximum Gasteiger partial charge on any atom is 0.0541 e. The van der Waals surface area contributed by atoms with Gasteiger partial charge in [0, 0.05) is 46.2 Å². The number of aromatic nitrogens is 1. The fourth-order valence-electron chi connectivity index (χ4n) is 9.11. The predicted octanol–water partition coefficient (Wildman–Crippen LogP) is 11.4. The highest BCUT2D eigenvalue weighted by atomic mass is 15.2. The van der Waals surface area contributed by atoms with E-state index in [4.69, 9.17) is 0 Å². The molecule has 0 spiro atoms. The predicted molar refractivity (Wildman–Crippen MR) is 193 cm³/mol. The third kappa shape index (κ3) is 3.76. The second-order valence-electron chi connectivity index (χ2n) is 13.8. The van der Waals surface area contributed by atoms with E-state index in [2.05, 4.69) is 150 Å². The van der Waals surface area contributed by atoms with Crippen molar-refractivity contribution in [2.45, 2.75) is 44.6 Å². The minimum Gasteiger partial charge on any atom is -0.337 e. The van der Waals surface area contributed by atoms with Crippen molar-refractivity contribution in [3.05, 3.63) is 150 Å². The first-order valence-electron chi connectivity index (χ1n) is 17.0. The quantitative estimate of drug-likeness (QED) is 0.198. The lowest BCUT2D eigenvalue weighted by Crippen LogP contribution is -2.35. The fraction of sp³-hybridized carbons (Fsp3) is 0.182. The van der Waals surface area contributed by atoms with E-state index in [1.807, 2.05) is 0 Å². The van der Waals surface area contributed by atoms with Gasteiger partial charge in [-0.05, 0) is 107 Å². The van der Waals surface area contributed by atoms with Gasteiger partial charge in [-0.15, -0.1) is 0 Å². The van der Waals surface area contributed by atoms with E-state index < -0.39 is 0 Å². The number of hydrogen-bond donors (Lipinski definition) is 0. The third-order valence-electron chi connectivity index (χ3n) is 11.2. The highest BCUT2D eigenvalue weighted by Crippen LogP contribution is 2.55. The Labute approximate surface area is 270 Å². The number of nitrogens with zero attached hydrogens (tertiary/aromatic N) is 2. The molecule has 0 amide bonds. The molecule has 0 radical (unpaired) electrons. The third-order valence-corrected chi connectivity index (χ3v) is 11.2. The molecule has 7 aromatic rings. The van der Waals surface area contributed by atoms with E-state index in [0.29, 0.717) is 12.0 Å². The molecule has 2 aliphatic carbocycles. The van der Waals surface area contributed by atoms with Crippen LogP contribution in [0, 0.1) is 5.92 Å². The number of anilines is 2. The van der Waals surface area contributed by atoms with Gasteiger partial charge in [0.1, 0.15) is 0 Å². The first kappa shape index (κ1) is 26.2. The van der Waals surface area contributed by atoms with Gasteiger partial charge in [0.25, 0.3) is 0 Å². The molecule has 0 bridgehead atoms. The molecule has 3 unspecified atom stereocenters. The molecule has 0 saturated heterocycles. The highest BCUT2D eigenvalue weighted by Gasteiger charge is 2.43. The summed E-state index contributed by atoms with van der Waals surface area (Å²) in [6, 6.07) is 50.5. The minimum atomic E-state index is 0.510. The SMILES string of the molecule is CC1CCC2c3ccc(-c4ccc5c(c4)c4ccccc4n5-c4ccccc4)cc3N(c3cccc4c3Cc3ccccc3-4)C2C1. The average Bonchev–Trinajstić information content (AvgIpc) is 3.75. The van der Waals surface area contributed by atoms with Gasteiger partial charge in [0.2, 0.25) is 0 Å². The van der Waals surface area contributed by atoms with Gasteiger partial charge in [0.15, 0.2) is 0 Å². The Balaban J connectivity index is 1.14. The number of hydrogen-bond acceptors (Lipinski definition) is 1. The monoisotopic (exact) mass is 592 g/mol. The molecule has 1 saturated carbocycles. The van der Waals surface area contributed by atoms with E-state index in [-0.39, 0.29) is 0 Å². The van der Waals surface area contributed by atoms with Gasteiger partial charge < -0.3 is 9.47 Å². The molecule has 222 valence electrons. The summed E-state index contributed by atoms with van der Waals surface area (Å²) in [5.74, 6) is 1.34. The Morgan fingerprint density at radius 1 is 0.587 bits per heavy atom. The normalized spacial score (nSPS) is 19.7. The summed E-state index contributed by atoms with van der Waals surface area (Å²) in [6.45, 7) is 2.45. The summed E-state index contributed by atoms with van der Waals surface area (Å²) in [5, 5.41) is 2.60. The zero-order valence-electron chi connectivity index (χ0n) is 26.2. The number of fused-ring (bicyclic) bond motifs is 9. The Hall–Kier alpha value is -5.08. The standard InChI is InChI=1S/C44H36N2/c1-28-18-21-36-37-22-19-30(29-20-23-42-39(25-29)35-14-7-8-16-40(35)45(42)32-11-3-2-4-12-32)27-44(37)46(43(36)24-28)41-17-9-15-34-33-13-6-5-10-31(33)26-38(34)41/h2-17,19-20,22-23,25,27-28,36,43H,18,21,24,26H2,1H3. The van der Waals surface area contributed by atoms with E-state index >= 15 is 0 Å². The Bertz CT molecular complexity index is 2310. The largest absolute Gasteiger partial charge is 0.337 e. The molecule has 3 atom stereocenters. The number of benzene rings is 6. The second kappa shape index (κ2) is 9.96. The van der Waals surface area contributed by atoms with Crippen molar-refractivity contribution < 1.29 is 0 Å². The lowest BCUT2D eigenvalue weighted by atomic mass is 9.77. The summed E-state index contributed by atoms with van der Waals surface area (Å²) >= 11 is 0. The van der Waals surface area contributed by atoms with Crippen molar-refractivity contribution in [1.82, 2.24) is 4.57 Å². The van der Waals surface area contributed by atoms with Crippen LogP contribution in [0.2, 0.25) is 0 Å². The smallest absolute Gasteiger partial charge is 0.0541 e. The molecule has 46 heavy (non-hydrogen) atoms. The molecule has 2 heteroatoms. The molecular formula is C44H36N2. The summed E-state index contributed by atoms with van der Waals surface area (Å²) in [4.78, 5) is 2.77. The van der Waals surface area contributed by atoms with Gasteiger partial charge in [0.05, 0.1) is 11.0 Å². The summed E-state index contributed by atoms with van der Waals surface area (Å²) in [5.41, 5.74) is 16.4. The molecule has 2 nitrogen and oxygen atoms in total. The molecule has 1 aliphatic heterocycles. The molecule has 0 N–H and O–H groups in total. The first-order valence-corrected chi connectivity index (χ1v) is 17.0. The number of para-hydroxylation sites is 2. The van der Waals surface area contributed by atoms with Crippen molar-refractivity contribution >= 4 is 33.2 Å². The molecular weight excluding hydrogens is 556 g/mol. The Morgan fingerprint density at radius 3 is 2.28 bits per heavy atom. The van der Waals surface area contributed by atoms with Crippen LogP contribution in [0.15, 0.2) is 133 Å². The van der Waals surface area contributed by atoms with E-state index in [0.717, 1.165) is 12.3 Å². The lowest BCUT2D eigenvalue weighted by Gasteiger charge is -2.37. The van der Waals surface area contributed by atoms with Crippen LogP contribution in [-0.2, 0) is 6.42 Å². The summed E-state index contributed by atoms with van der Waals surface area (Å²) in [7, 11) is 0. The van der Waals surface area contributed by atoms with Crippen LogP contribution in [0.5, 0.6) is 0 Å². The van der Waals surface area contributed by atoms with Crippen LogP contribution in [0.3, 0.4) is 0 Å². The van der Waals surface area contributed by atoms with Crippen molar-refractivity contribution in [3.8, 4) is 27.9 Å². The maximum atomic E-state index is 2.77. The van der Waals surface area contributed by atoms with Crippen LogP contribution < -0.4 is 4.90 Å². The molecule has 1 fully saturated rings. The van der Waals surface area contributed by atoms with Crippen molar-refractivity contribution in [3.63, 3.8) is 0 Å². The molecule has 2 heterocycles. The van der Waals surface area contributed by atoms with Crippen molar-refractivity contribution in [2.24, 2.45) is 5.92 Å². The molecule has 10 rings (SSSR count). The van der Waals surface area contributed by atoms with Gasteiger partial charge >= 0.3 is 0 Å². The van der Waals surface area contributed by atoms with Crippen molar-refractivity contribution in [2.75, 3.05) is 4.90 Å². The Morgan fingerprint density at radius 2 is 1.35 bits per heavy atom. The van der Waals surface area contributed by atoms with Crippen LogP contribution in [0.4, 0.5) is 11.4 Å². The fourth-order valence-corrected chi connectivity index (χ4v) is 9.11. The minimum absolute atomic E-state index is 0.510. The van der Waals surface area contributed by atoms with Crippen LogP contribution in [0.25, 0.3) is 49.7 Å². The van der Waals surface area contributed by atoms with Gasteiger partial charge in [-0.3, -0.25) is 0 Å². The topological polar surface area (TPSA) is 8.17 Å². The van der Waals surface area contributed by atoms with Crippen LogP contribution in [0.1, 0.15) is 48.8 Å². The summed E-state index contributed by atoms with van der Waals surface area (Å²) in [6.07, 6.45) is 4.85. The Kier molecular flexibility index (Phi) is 5.67. The van der Waals surface area contributed by atoms with E-state index in [1.165, 1.54) is 97.1 Å². The maximum absolute atomic E-state index is 2.77. The molecule has 1 aromatic heterocycles. The second-order valence-corrected chi connectivity index (χ2v) is 13.8. The summed E-state index contributed by atoms with van der Waals surface area (Å²) < 4.78 is 2.40. The zero-order chi connectivity index (χ0) is 30.4. The van der Waals surface area contributed by atoms with Gasteiger partial charge in [-0.1, -0.05) is 97.9 Å². The van der Waals surface area contributed by atoms with E-state index in [1.54, 1.807) is 0 Å². The van der Waals surface area contributed by atoms with Gasteiger partial charge in [-0.2, -0.15) is 0 Å². The van der Waals surface area contributed by atoms with Gasteiger partial charge in [-0.25, -0.2) is 0 Å². The molecule has 3 aliphatic rings. The van der Waals surface area contributed by atoms with Crippen molar-refractivity contribution in [1.29, 1.82) is 0 Å². The highest BCUT2D eigenvalue weighted by molar-refractivity contribution is 6.10. The zero-order valence-corrected chi connectivity index (χ0v) is 26.2.